The third kappa shape index (κ3) is 5.58. The fraction of sp³-hybridized carbons (Fsp3) is 0.476. The molecule has 1 saturated heterocycles. The van der Waals surface area contributed by atoms with Crippen LogP contribution >= 0.6 is 0 Å². The summed E-state index contributed by atoms with van der Waals surface area (Å²) in [7, 11) is 1.56. The minimum atomic E-state index is -0.626. The van der Waals surface area contributed by atoms with Gasteiger partial charge in [-0.05, 0) is 45.4 Å². The van der Waals surface area contributed by atoms with Crippen LogP contribution < -0.4 is 5.32 Å². The van der Waals surface area contributed by atoms with Gasteiger partial charge in [-0.1, -0.05) is 6.07 Å². The van der Waals surface area contributed by atoms with Crippen LogP contribution in [0.2, 0.25) is 0 Å². The molecule has 1 aromatic heterocycles. The maximum Gasteiger partial charge on any atom is 0.410 e. The molecule has 2 atom stereocenters. The minimum Gasteiger partial charge on any atom is -0.444 e. The zero-order valence-corrected chi connectivity index (χ0v) is 17.9. The van der Waals surface area contributed by atoms with E-state index in [-0.39, 0.29) is 30.4 Å². The molecule has 10 heteroatoms. The summed E-state index contributed by atoms with van der Waals surface area (Å²) in [4.78, 5) is 26.7. The van der Waals surface area contributed by atoms with E-state index >= 15 is 0 Å². The molecular formula is C21H25N5O5. The van der Waals surface area contributed by atoms with Crippen molar-refractivity contribution in [2.24, 2.45) is 0 Å². The lowest BCUT2D eigenvalue weighted by molar-refractivity contribution is 0.0146. The number of hydrogen-bond donors (Lipinski definition) is 1. The zero-order valence-electron chi connectivity index (χ0n) is 17.9. The maximum atomic E-state index is 12.6. The topological polar surface area (TPSA) is 131 Å². The molecule has 164 valence electrons. The summed E-state index contributed by atoms with van der Waals surface area (Å²) in [6, 6.07) is 8.14. The average molecular weight is 427 g/mol. The summed E-state index contributed by atoms with van der Waals surface area (Å²) in [6.07, 6.45) is 0.0491. The van der Waals surface area contributed by atoms with Gasteiger partial charge in [-0.3, -0.25) is 4.79 Å². The van der Waals surface area contributed by atoms with Crippen molar-refractivity contribution in [1.82, 2.24) is 20.4 Å². The number of aromatic nitrogens is 2. The van der Waals surface area contributed by atoms with Crippen molar-refractivity contribution in [3.63, 3.8) is 0 Å². The standard InChI is InChI=1S/C21H25N5O5/c1-21(2,3)31-20(28)26-11-15(9-16(26)12-29-4)23-17(27)19-25-24-18(30-19)14-7-5-6-13(8-14)10-22/h5-8,15-16H,9,11-12H2,1-4H3,(H,23,27)/t15-,16+/m1/s1. The quantitative estimate of drug-likeness (QED) is 0.769. The summed E-state index contributed by atoms with van der Waals surface area (Å²) < 4.78 is 16.2. The van der Waals surface area contributed by atoms with Gasteiger partial charge in [0.05, 0.1) is 24.3 Å². The largest absolute Gasteiger partial charge is 0.444 e. The Bertz CT molecular complexity index is 991. The van der Waals surface area contributed by atoms with Gasteiger partial charge in [0.2, 0.25) is 5.89 Å². The third-order valence-electron chi connectivity index (χ3n) is 4.59. The second kappa shape index (κ2) is 9.14. The van der Waals surface area contributed by atoms with E-state index in [9.17, 15) is 9.59 Å². The number of hydrogen-bond acceptors (Lipinski definition) is 8. The summed E-state index contributed by atoms with van der Waals surface area (Å²) >= 11 is 0. The average Bonchev–Trinajstić information content (AvgIpc) is 3.35. The van der Waals surface area contributed by atoms with E-state index in [1.165, 1.54) is 0 Å². The Kier molecular flexibility index (Phi) is 6.56. The molecule has 0 unspecified atom stereocenters. The van der Waals surface area contributed by atoms with Gasteiger partial charge in [0.15, 0.2) is 0 Å². The maximum absolute atomic E-state index is 12.6. The van der Waals surface area contributed by atoms with Gasteiger partial charge >= 0.3 is 17.9 Å². The highest BCUT2D eigenvalue weighted by molar-refractivity contribution is 5.90. The molecule has 2 heterocycles. The lowest BCUT2D eigenvalue weighted by Crippen LogP contribution is -2.43. The molecule has 0 radical (unpaired) electrons. The highest BCUT2D eigenvalue weighted by atomic mass is 16.6. The van der Waals surface area contributed by atoms with Gasteiger partial charge < -0.3 is 24.1 Å². The van der Waals surface area contributed by atoms with Crippen LogP contribution in [0.15, 0.2) is 28.7 Å². The number of carbonyl (C=O) groups is 2. The molecule has 0 aliphatic carbocycles. The van der Waals surface area contributed by atoms with E-state index in [0.717, 1.165) is 0 Å². The fourth-order valence-electron chi connectivity index (χ4n) is 3.32. The summed E-state index contributed by atoms with van der Waals surface area (Å²) in [6.45, 7) is 5.99. The first kappa shape index (κ1) is 22.2. The Morgan fingerprint density at radius 1 is 1.35 bits per heavy atom. The van der Waals surface area contributed by atoms with E-state index in [2.05, 4.69) is 15.5 Å². The Morgan fingerprint density at radius 3 is 2.81 bits per heavy atom. The summed E-state index contributed by atoms with van der Waals surface area (Å²) in [5.74, 6) is -0.597. The van der Waals surface area contributed by atoms with Gasteiger partial charge in [0.1, 0.15) is 5.60 Å². The number of nitrogens with one attached hydrogen (secondary N) is 1. The predicted molar refractivity (Wildman–Crippen MR) is 109 cm³/mol. The van der Waals surface area contributed by atoms with Crippen molar-refractivity contribution in [2.45, 2.75) is 44.9 Å². The van der Waals surface area contributed by atoms with Crippen LogP contribution in [-0.2, 0) is 9.47 Å². The first-order valence-corrected chi connectivity index (χ1v) is 9.83. The van der Waals surface area contributed by atoms with E-state index in [4.69, 9.17) is 19.2 Å². The molecule has 1 fully saturated rings. The van der Waals surface area contributed by atoms with Gasteiger partial charge in [0, 0.05) is 25.3 Å². The molecule has 3 rings (SSSR count). The van der Waals surface area contributed by atoms with Gasteiger partial charge in [0.25, 0.3) is 0 Å². The lowest BCUT2D eigenvalue weighted by atomic mass is 10.1. The Labute approximate surface area is 180 Å². The van der Waals surface area contributed by atoms with Crippen molar-refractivity contribution in [3.05, 3.63) is 35.7 Å². The van der Waals surface area contributed by atoms with Crippen LogP contribution in [0.4, 0.5) is 4.79 Å². The molecule has 2 aromatic rings. The molecule has 10 nitrogen and oxygen atoms in total. The van der Waals surface area contributed by atoms with Crippen molar-refractivity contribution in [1.29, 1.82) is 5.26 Å². The van der Waals surface area contributed by atoms with Crippen molar-refractivity contribution in [2.75, 3.05) is 20.3 Å². The number of nitrogens with zero attached hydrogens (tertiary/aromatic N) is 4. The van der Waals surface area contributed by atoms with E-state index in [1.54, 1.807) is 57.0 Å². The number of methoxy groups -OCH3 is 1. The first-order valence-electron chi connectivity index (χ1n) is 9.83. The minimum absolute atomic E-state index is 0.140. The predicted octanol–water partition coefficient (Wildman–Crippen LogP) is 2.36. The van der Waals surface area contributed by atoms with E-state index in [1.807, 2.05) is 6.07 Å². The second-order valence-electron chi connectivity index (χ2n) is 8.25. The molecule has 0 spiro atoms. The fourth-order valence-corrected chi connectivity index (χ4v) is 3.32. The number of carbonyl (C=O) groups excluding carboxylic acids is 2. The van der Waals surface area contributed by atoms with Gasteiger partial charge in [-0.25, -0.2) is 4.79 Å². The molecule has 1 aromatic carbocycles. The van der Waals surface area contributed by atoms with Crippen molar-refractivity contribution in [3.8, 4) is 17.5 Å². The van der Waals surface area contributed by atoms with Crippen LogP contribution in [0.3, 0.4) is 0 Å². The monoisotopic (exact) mass is 427 g/mol. The number of nitriles is 1. The Hall–Kier alpha value is -3.45. The Morgan fingerprint density at radius 2 is 2.13 bits per heavy atom. The van der Waals surface area contributed by atoms with Crippen LogP contribution in [0.5, 0.6) is 0 Å². The molecule has 1 aliphatic rings. The highest BCUT2D eigenvalue weighted by Gasteiger charge is 2.38. The number of likely N-dealkylation sites (tertiary alicyclic amines) is 1. The summed E-state index contributed by atoms with van der Waals surface area (Å²) in [5.41, 5.74) is 0.362. The smallest absolute Gasteiger partial charge is 0.410 e. The summed E-state index contributed by atoms with van der Waals surface area (Å²) in [5, 5.41) is 19.5. The van der Waals surface area contributed by atoms with Crippen LogP contribution in [0.25, 0.3) is 11.5 Å². The highest BCUT2D eigenvalue weighted by Crippen LogP contribution is 2.23. The van der Waals surface area contributed by atoms with Crippen LogP contribution in [0, 0.1) is 11.3 Å². The number of benzene rings is 1. The van der Waals surface area contributed by atoms with Crippen LogP contribution in [0.1, 0.15) is 43.4 Å². The second-order valence-corrected chi connectivity index (χ2v) is 8.25. The zero-order chi connectivity index (χ0) is 22.6. The number of rotatable bonds is 5. The third-order valence-corrected chi connectivity index (χ3v) is 4.59. The van der Waals surface area contributed by atoms with Crippen molar-refractivity contribution >= 4 is 12.0 Å². The van der Waals surface area contributed by atoms with E-state index in [0.29, 0.717) is 24.2 Å². The van der Waals surface area contributed by atoms with Crippen molar-refractivity contribution < 1.29 is 23.5 Å². The molecule has 1 N–H and O–H groups in total. The molecule has 2 amide bonds. The molecular weight excluding hydrogens is 402 g/mol. The molecule has 0 bridgehead atoms. The Balaban J connectivity index is 1.67. The molecule has 1 aliphatic heterocycles. The van der Waals surface area contributed by atoms with Crippen LogP contribution in [-0.4, -0.2) is 65.0 Å². The van der Waals surface area contributed by atoms with Gasteiger partial charge in [-0.15, -0.1) is 10.2 Å². The SMILES string of the molecule is COC[C@@H]1C[C@@H](NC(=O)c2nnc(-c3cccc(C#N)c3)o2)CN1C(=O)OC(C)(C)C. The normalized spacial score (nSPS) is 18.5. The lowest BCUT2D eigenvalue weighted by Gasteiger charge is -2.28. The number of ether oxygens (including phenoxy) is 2. The van der Waals surface area contributed by atoms with Gasteiger partial charge in [-0.2, -0.15) is 5.26 Å². The molecule has 31 heavy (non-hydrogen) atoms. The number of amides is 2. The molecule has 0 saturated carbocycles. The van der Waals surface area contributed by atoms with E-state index < -0.39 is 17.6 Å². The first-order chi connectivity index (χ1) is 14.7.